The number of ether oxygens (including phenoxy) is 1. The van der Waals surface area contributed by atoms with E-state index in [1.807, 2.05) is 4.90 Å². The van der Waals surface area contributed by atoms with E-state index in [0.29, 0.717) is 30.9 Å². The summed E-state index contributed by atoms with van der Waals surface area (Å²) in [7, 11) is 0. The van der Waals surface area contributed by atoms with Gasteiger partial charge in [0, 0.05) is 25.2 Å². The minimum Gasteiger partial charge on any atom is -0.493 e. The van der Waals surface area contributed by atoms with E-state index in [4.69, 9.17) is 4.74 Å². The summed E-state index contributed by atoms with van der Waals surface area (Å²) in [5, 5.41) is 3.30. The van der Waals surface area contributed by atoms with Crippen molar-refractivity contribution in [1.82, 2.24) is 10.2 Å². The number of benzene rings is 1. The van der Waals surface area contributed by atoms with Gasteiger partial charge in [-0.15, -0.1) is 0 Å². The van der Waals surface area contributed by atoms with Crippen molar-refractivity contribution >= 4 is 5.91 Å². The summed E-state index contributed by atoms with van der Waals surface area (Å²) in [6.45, 7) is 2.15. The van der Waals surface area contributed by atoms with Gasteiger partial charge in [-0.3, -0.25) is 4.79 Å². The first-order chi connectivity index (χ1) is 9.24. The van der Waals surface area contributed by atoms with Gasteiger partial charge >= 0.3 is 0 Å². The number of hydrogen-bond acceptors (Lipinski definition) is 3. The van der Waals surface area contributed by atoms with E-state index in [0.717, 1.165) is 19.5 Å². The molecule has 3 rings (SSSR count). The Bertz CT molecular complexity index is 449. The van der Waals surface area contributed by atoms with Gasteiger partial charge in [0.2, 0.25) is 5.91 Å². The lowest BCUT2D eigenvalue weighted by Gasteiger charge is -2.53. The van der Waals surface area contributed by atoms with Crippen molar-refractivity contribution in [3.63, 3.8) is 0 Å². The van der Waals surface area contributed by atoms with Crippen LogP contribution in [0.3, 0.4) is 0 Å². The average Bonchev–Trinajstić information content (AvgIpc) is 2.42. The largest absolute Gasteiger partial charge is 0.493 e. The summed E-state index contributed by atoms with van der Waals surface area (Å²) in [4.78, 5) is 14.0. The first kappa shape index (κ1) is 12.4. The number of carbonyl (C=O) groups is 1. The second kappa shape index (κ2) is 5.17. The van der Waals surface area contributed by atoms with Crippen molar-refractivity contribution in [3.8, 4) is 5.75 Å². The van der Waals surface area contributed by atoms with Gasteiger partial charge in [0.05, 0.1) is 13.0 Å². The maximum atomic E-state index is 12.7. The molecule has 19 heavy (non-hydrogen) atoms. The number of piperidine rings is 1. The predicted octanol–water partition coefficient (Wildman–Crippen LogP) is 1.17. The number of hydrogen-bond donors (Lipinski definition) is 1. The molecule has 1 amide bonds. The van der Waals surface area contributed by atoms with Crippen molar-refractivity contribution in [2.75, 3.05) is 19.7 Å². The van der Waals surface area contributed by atoms with E-state index in [2.05, 4.69) is 5.32 Å². The van der Waals surface area contributed by atoms with Crippen LogP contribution in [0.2, 0.25) is 0 Å². The van der Waals surface area contributed by atoms with Crippen molar-refractivity contribution in [3.05, 3.63) is 30.1 Å². The Morgan fingerprint density at radius 1 is 1.32 bits per heavy atom. The Kier molecular flexibility index (Phi) is 3.38. The normalized spacial score (nSPS) is 24.8. The standard InChI is InChI=1S/C14H17FN2O2/c15-10-1-3-13(4-2-10)19-6-5-14(18)17-11-7-12(17)9-16-8-11/h1-4,11-12,16H,5-9H2. The van der Waals surface area contributed by atoms with Crippen LogP contribution in [-0.4, -0.2) is 42.6 Å². The minimum atomic E-state index is -0.288. The molecular weight excluding hydrogens is 247 g/mol. The molecule has 0 aromatic heterocycles. The van der Waals surface area contributed by atoms with E-state index >= 15 is 0 Å². The highest BCUT2D eigenvalue weighted by Gasteiger charge is 2.43. The van der Waals surface area contributed by atoms with Gasteiger partial charge in [-0.25, -0.2) is 4.39 Å². The molecule has 0 radical (unpaired) electrons. The van der Waals surface area contributed by atoms with Crippen LogP contribution in [0.25, 0.3) is 0 Å². The summed E-state index contributed by atoms with van der Waals surface area (Å²) in [6.07, 6.45) is 1.50. The third kappa shape index (κ3) is 2.56. The number of amides is 1. The summed E-state index contributed by atoms with van der Waals surface area (Å²) in [5.74, 6) is 0.467. The number of nitrogens with zero attached hydrogens (tertiary/aromatic N) is 1. The fourth-order valence-corrected chi connectivity index (χ4v) is 2.80. The summed E-state index contributed by atoms with van der Waals surface area (Å²) in [6, 6.07) is 6.59. The summed E-state index contributed by atoms with van der Waals surface area (Å²) < 4.78 is 18.1. The summed E-state index contributed by atoms with van der Waals surface area (Å²) in [5.41, 5.74) is 0. The van der Waals surface area contributed by atoms with Gasteiger partial charge in [-0.05, 0) is 30.7 Å². The van der Waals surface area contributed by atoms with Gasteiger partial charge in [0.15, 0.2) is 0 Å². The third-order valence-corrected chi connectivity index (χ3v) is 3.78. The Hall–Kier alpha value is -1.62. The number of halogens is 1. The Morgan fingerprint density at radius 3 is 2.63 bits per heavy atom. The molecule has 2 saturated heterocycles. The molecule has 1 aromatic rings. The molecule has 1 N–H and O–H groups in total. The van der Waals surface area contributed by atoms with Gasteiger partial charge in [0.1, 0.15) is 11.6 Å². The monoisotopic (exact) mass is 264 g/mol. The molecular formula is C14H17FN2O2. The molecule has 1 aromatic carbocycles. The zero-order chi connectivity index (χ0) is 13.2. The van der Waals surface area contributed by atoms with E-state index in [1.54, 1.807) is 12.1 Å². The van der Waals surface area contributed by atoms with E-state index in [-0.39, 0.29) is 11.7 Å². The molecule has 2 fully saturated rings. The topological polar surface area (TPSA) is 41.6 Å². The molecule has 0 saturated carbocycles. The average molecular weight is 264 g/mol. The Balaban J connectivity index is 1.45. The molecule has 2 heterocycles. The highest BCUT2D eigenvalue weighted by atomic mass is 19.1. The van der Waals surface area contributed by atoms with Crippen LogP contribution in [-0.2, 0) is 4.79 Å². The lowest BCUT2D eigenvalue weighted by molar-refractivity contribution is -0.147. The highest BCUT2D eigenvalue weighted by molar-refractivity contribution is 5.78. The lowest BCUT2D eigenvalue weighted by atomic mass is 9.88. The zero-order valence-electron chi connectivity index (χ0n) is 10.6. The van der Waals surface area contributed by atoms with Crippen LogP contribution in [0.4, 0.5) is 4.39 Å². The fourth-order valence-electron chi connectivity index (χ4n) is 2.80. The number of rotatable bonds is 4. The fraction of sp³-hybridized carbons (Fsp3) is 0.500. The molecule has 0 aliphatic carbocycles. The Morgan fingerprint density at radius 2 is 2.00 bits per heavy atom. The van der Waals surface area contributed by atoms with Crippen LogP contribution in [0.5, 0.6) is 5.75 Å². The maximum Gasteiger partial charge on any atom is 0.226 e. The van der Waals surface area contributed by atoms with E-state index in [1.165, 1.54) is 12.1 Å². The van der Waals surface area contributed by atoms with Crippen LogP contribution < -0.4 is 10.1 Å². The van der Waals surface area contributed by atoms with Gasteiger partial charge in [-0.1, -0.05) is 0 Å². The third-order valence-electron chi connectivity index (χ3n) is 3.78. The quantitative estimate of drug-likeness (QED) is 0.887. The molecule has 2 bridgehead atoms. The summed E-state index contributed by atoms with van der Waals surface area (Å²) >= 11 is 0. The smallest absolute Gasteiger partial charge is 0.226 e. The number of carbonyl (C=O) groups excluding carboxylic acids is 1. The first-order valence-electron chi connectivity index (χ1n) is 6.64. The first-order valence-corrected chi connectivity index (χ1v) is 6.64. The Labute approximate surface area is 111 Å². The van der Waals surface area contributed by atoms with Gasteiger partial charge < -0.3 is 15.0 Å². The van der Waals surface area contributed by atoms with Gasteiger partial charge in [0.25, 0.3) is 0 Å². The molecule has 2 unspecified atom stereocenters. The molecule has 0 spiro atoms. The molecule has 5 heteroatoms. The molecule has 4 nitrogen and oxygen atoms in total. The van der Waals surface area contributed by atoms with Crippen molar-refractivity contribution in [2.45, 2.75) is 24.9 Å². The molecule has 2 atom stereocenters. The number of fused-ring (bicyclic) bond motifs is 2. The predicted molar refractivity (Wildman–Crippen MR) is 68.4 cm³/mol. The second-order valence-corrected chi connectivity index (χ2v) is 5.05. The second-order valence-electron chi connectivity index (χ2n) is 5.05. The van der Waals surface area contributed by atoms with Crippen molar-refractivity contribution in [2.24, 2.45) is 0 Å². The number of nitrogens with one attached hydrogen (secondary N) is 1. The number of piperazine rings is 1. The van der Waals surface area contributed by atoms with Crippen LogP contribution in [0.1, 0.15) is 12.8 Å². The zero-order valence-corrected chi connectivity index (χ0v) is 10.6. The minimum absolute atomic E-state index is 0.157. The lowest BCUT2D eigenvalue weighted by Crippen LogP contribution is -2.69. The van der Waals surface area contributed by atoms with Crippen LogP contribution >= 0.6 is 0 Å². The van der Waals surface area contributed by atoms with Crippen molar-refractivity contribution in [1.29, 1.82) is 0 Å². The maximum absolute atomic E-state index is 12.7. The van der Waals surface area contributed by atoms with Crippen LogP contribution in [0.15, 0.2) is 24.3 Å². The molecule has 2 aliphatic rings. The van der Waals surface area contributed by atoms with Crippen LogP contribution in [0, 0.1) is 5.82 Å². The molecule has 2 aliphatic heterocycles. The van der Waals surface area contributed by atoms with Crippen molar-refractivity contribution < 1.29 is 13.9 Å². The highest BCUT2D eigenvalue weighted by Crippen LogP contribution is 2.28. The van der Waals surface area contributed by atoms with Gasteiger partial charge in [-0.2, -0.15) is 0 Å². The molecule has 102 valence electrons. The van der Waals surface area contributed by atoms with E-state index in [9.17, 15) is 9.18 Å². The SMILES string of the molecule is O=C(CCOc1ccc(F)cc1)N1C2CNCC1C2. The van der Waals surface area contributed by atoms with E-state index < -0.39 is 0 Å².